The van der Waals surface area contributed by atoms with Gasteiger partial charge in [0.1, 0.15) is 24.3 Å². The number of aliphatic hydroxyl groups excluding tert-OH is 2. The Hall–Kier alpha value is -3.29. The van der Waals surface area contributed by atoms with Gasteiger partial charge in [0.25, 0.3) is 0 Å². The minimum Gasteiger partial charge on any atom is -0.449 e. The first-order chi connectivity index (χ1) is 15.5. The summed E-state index contributed by atoms with van der Waals surface area (Å²) < 4.78 is 32.2. The number of aliphatic hydroxyl groups is 2. The Labute approximate surface area is 184 Å². The molecule has 0 heterocycles. The van der Waals surface area contributed by atoms with Gasteiger partial charge in [0.15, 0.2) is 0 Å². The molecule has 1 aliphatic carbocycles. The van der Waals surface area contributed by atoms with Gasteiger partial charge in [-0.25, -0.2) is 13.6 Å². The standard InChI is InChI=1S/C25H23F2NO4/c26-15-9-10-20(22(27)13-15)24(30)23(29)11-12-28-25(31)32-14-21-18-7-3-1-5-16(18)17-6-2-4-8-19(17)21/h1-10,13,21,23-24,29-30H,11-12,14H2,(H,28,31). The molecule has 0 bridgehead atoms. The van der Waals surface area contributed by atoms with Gasteiger partial charge in [-0.3, -0.25) is 0 Å². The smallest absolute Gasteiger partial charge is 0.407 e. The number of benzene rings is 3. The van der Waals surface area contributed by atoms with Crippen molar-refractivity contribution >= 4 is 6.09 Å². The molecule has 0 saturated heterocycles. The van der Waals surface area contributed by atoms with Crippen LogP contribution in [-0.4, -0.2) is 35.6 Å². The number of ether oxygens (including phenoxy) is 1. The number of alkyl carbamates (subject to hydrolysis) is 1. The van der Waals surface area contributed by atoms with E-state index in [4.69, 9.17) is 4.74 Å². The van der Waals surface area contributed by atoms with E-state index in [1.165, 1.54) is 0 Å². The Morgan fingerprint density at radius 3 is 2.22 bits per heavy atom. The molecule has 0 aromatic heterocycles. The molecular weight excluding hydrogens is 416 g/mol. The van der Waals surface area contributed by atoms with E-state index in [0.29, 0.717) is 6.07 Å². The lowest BCUT2D eigenvalue weighted by atomic mass is 9.98. The van der Waals surface area contributed by atoms with Gasteiger partial charge in [0.05, 0.1) is 6.10 Å². The summed E-state index contributed by atoms with van der Waals surface area (Å²) in [5.41, 5.74) is 4.24. The summed E-state index contributed by atoms with van der Waals surface area (Å²) in [4.78, 5) is 12.2. The summed E-state index contributed by atoms with van der Waals surface area (Å²) in [5.74, 6) is -1.78. The molecule has 0 spiro atoms. The maximum atomic E-state index is 13.8. The number of nitrogens with one attached hydrogen (secondary N) is 1. The van der Waals surface area contributed by atoms with Gasteiger partial charge >= 0.3 is 6.09 Å². The fourth-order valence-corrected chi connectivity index (χ4v) is 4.08. The minimum atomic E-state index is -1.54. The lowest BCUT2D eigenvalue weighted by Gasteiger charge is -2.19. The molecule has 7 heteroatoms. The first-order valence-electron chi connectivity index (χ1n) is 10.4. The topological polar surface area (TPSA) is 78.8 Å². The second kappa shape index (κ2) is 9.46. The monoisotopic (exact) mass is 439 g/mol. The number of rotatable bonds is 7. The SMILES string of the molecule is O=C(NCCC(O)C(O)c1ccc(F)cc1F)OCC1c2ccccc2-c2ccccc21. The molecular formula is C25H23F2NO4. The van der Waals surface area contributed by atoms with Crippen LogP contribution in [-0.2, 0) is 4.74 Å². The predicted octanol–water partition coefficient (Wildman–Crippen LogP) is 4.29. The number of fused-ring (bicyclic) bond motifs is 3. The fourth-order valence-electron chi connectivity index (χ4n) is 4.08. The summed E-state index contributed by atoms with van der Waals surface area (Å²) in [5, 5.41) is 22.7. The molecule has 2 unspecified atom stereocenters. The van der Waals surface area contributed by atoms with Crippen molar-refractivity contribution in [2.45, 2.75) is 24.5 Å². The van der Waals surface area contributed by atoms with Crippen molar-refractivity contribution in [1.82, 2.24) is 5.32 Å². The number of carbonyl (C=O) groups is 1. The Bertz CT molecular complexity index is 1080. The van der Waals surface area contributed by atoms with Crippen molar-refractivity contribution in [2.24, 2.45) is 0 Å². The molecule has 3 aromatic carbocycles. The maximum absolute atomic E-state index is 13.8. The molecule has 3 aromatic rings. The quantitative estimate of drug-likeness (QED) is 0.513. The van der Waals surface area contributed by atoms with Gasteiger partial charge < -0.3 is 20.3 Å². The summed E-state index contributed by atoms with van der Waals surface area (Å²) in [6.45, 7) is 0.170. The molecule has 1 amide bonds. The number of hydrogen-bond acceptors (Lipinski definition) is 4. The van der Waals surface area contributed by atoms with Crippen LogP contribution in [0.1, 0.15) is 35.1 Å². The largest absolute Gasteiger partial charge is 0.449 e. The van der Waals surface area contributed by atoms with Crippen molar-refractivity contribution in [1.29, 1.82) is 0 Å². The summed E-state index contributed by atoms with van der Waals surface area (Å²) >= 11 is 0. The molecule has 0 aliphatic heterocycles. The van der Waals surface area contributed by atoms with E-state index in [2.05, 4.69) is 5.32 Å². The number of halogens is 2. The maximum Gasteiger partial charge on any atom is 0.407 e. The van der Waals surface area contributed by atoms with E-state index in [-0.39, 0.29) is 31.1 Å². The molecule has 0 fully saturated rings. The highest BCUT2D eigenvalue weighted by atomic mass is 19.1. The van der Waals surface area contributed by atoms with Crippen LogP contribution in [0.2, 0.25) is 0 Å². The van der Waals surface area contributed by atoms with Crippen molar-refractivity contribution in [2.75, 3.05) is 13.2 Å². The highest BCUT2D eigenvalue weighted by Gasteiger charge is 2.29. The van der Waals surface area contributed by atoms with Crippen LogP contribution in [0.3, 0.4) is 0 Å². The Balaban J connectivity index is 1.29. The van der Waals surface area contributed by atoms with Crippen LogP contribution in [0.25, 0.3) is 11.1 Å². The third-order valence-electron chi connectivity index (χ3n) is 5.70. The van der Waals surface area contributed by atoms with Gasteiger partial charge in [0, 0.05) is 24.1 Å². The first kappa shape index (κ1) is 21.9. The molecule has 32 heavy (non-hydrogen) atoms. The Morgan fingerprint density at radius 1 is 0.969 bits per heavy atom. The van der Waals surface area contributed by atoms with Crippen molar-refractivity contribution in [3.63, 3.8) is 0 Å². The van der Waals surface area contributed by atoms with Crippen LogP contribution in [0.5, 0.6) is 0 Å². The van der Waals surface area contributed by atoms with Crippen molar-refractivity contribution in [3.05, 3.63) is 95.1 Å². The van der Waals surface area contributed by atoms with E-state index in [1.807, 2.05) is 48.5 Å². The van der Waals surface area contributed by atoms with E-state index in [1.54, 1.807) is 0 Å². The van der Waals surface area contributed by atoms with E-state index in [9.17, 15) is 23.8 Å². The average Bonchev–Trinajstić information content (AvgIpc) is 3.11. The second-order valence-corrected chi connectivity index (χ2v) is 7.72. The number of carbonyl (C=O) groups excluding carboxylic acids is 1. The van der Waals surface area contributed by atoms with Gasteiger partial charge in [-0.1, -0.05) is 54.6 Å². The molecule has 3 N–H and O–H groups in total. The lowest BCUT2D eigenvalue weighted by Crippen LogP contribution is -2.31. The Morgan fingerprint density at radius 2 is 1.59 bits per heavy atom. The minimum absolute atomic E-state index is 0.0116. The van der Waals surface area contributed by atoms with Crippen LogP contribution in [0.15, 0.2) is 66.7 Å². The zero-order chi connectivity index (χ0) is 22.7. The van der Waals surface area contributed by atoms with Crippen LogP contribution >= 0.6 is 0 Å². The second-order valence-electron chi connectivity index (χ2n) is 7.72. The lowest BCUT2D eigenvalue weighted by molar-refractivity contribution is 0.0116. The zero-order valence-corrected chi connectivity index (χ0v) is 17.2. The molecule has 4 rings (SSSR count). The molecule has 166 valence electrons. The van der Waals surface area contributed by atoms with Crippen LogP contribution < -0.4 is 5.32 Å². The molecule has 1 aliphatic rings. The predicted molar refractivity (Wildman–Crippen MR) is 115 cm³/mol. The van der Waals surface area contributed by atoms with Crippen LogP contribution in [0.4, 0.5) is 13.6 Å². The molecule has 2 atom stereocenters. The fraction of sp³-hybridized carbons (Fsp3) is 0.240. The average molecular weight is 439 g/mol. The third kappa shape index (κ3) is 4.49. The van der Waals surface area contributed by atoms with Gasteiger partial charge in [-0.05, 0) is 34.7 Å². The normalized spacial score (nSPS) is 14.4. The van der Waals surface area contributed by atoms with Gasteiger partial charge in [-0.2, -0.15) is 0 Å². The Kier molecular flexibility index (Phi) is 6.48. The van der Waals surface area contributed by atoms with Gasteiger partial charge in [0.2, 0.25) is 0 Å². The van der Waals surface area contributed by atoms with E-state index >= 15 is 0 Å². The van der Waals surface area contributed by atoms with E-state index in [0.717, 1.165) is 34.4 Å². The van der Waals surface area contributed by atoms with Crippen molar-refractivity contribution in [3.8, 4) is 11.1 Å². The highest BCUT2D eigenvalue weighted by molar-refractivity contribution is 5.79. The summed E-state index contributed by atoms with van der Waals surface area (Å²) in [6.07, 6.45) is -3.58. The molecule has 0 radical (unpaired) electrons. The number of hydrogen-bond donors (Lipinski definition) is 3. The number of amides is 1. The first-order valence-corrected chi connectivity index (χ1v) is 10.4. The van der Waals surface area contributed by atoms with E-state index < -0.39 is 29.9 Å². The van der Waals surface area contributed by atoms with Crippen LogP contribution in [0, 0.1) is 11.6 Å². The highest BCUT2D eigenvalue weighted by Crippen LogP contribution is 2.44. The zero-order valence-electron chi connectivity index (χ0n) is 17.2. The van der Waals surface area contributed by atoms with Gasteiger partial charge in [-0.15, -0.1) is 0 Å². The summed E-state index contributed by atoms with van der Waals surface area (Å²) in [6, 6.07) is 18.7. The third-order valence-corrected chi connectivity index (χ3v) is 5.70. The molecule has 5 nitrogen and oxygen atoms in total. The molecule has 0 saturated carbocycles. The van der Waals surface area contributed by atoms with Crippen molar-refractivity contribution < 1.29 is 28.5 Å². The summed E-state index contributed by atoms with van der Waals surface area (Å²) in [7, 11) is 0.